The number of ether oxygens (including phenoxy) is 23. The highest BCUT2D eigenvalue weighted by atomic mass is 16.8. The van der Waals surface area contributed by atoms with Gasteiger partial charge in [0.2, 0.25) is 23.6 Å². The summed E-state index contributed by atoms with van der Waals surface area (Å²) in [5, 5.41) is 361. The number of carbonyl (C=O) groups excluding carboxylic acids is 4. The second kappa shape index (κ2) is 50.3. The van der Waals surface area contributed by atoms with Crippen molar-refractivity contribution in [2.75, 3.05) is 59.5 Å². The molecule has 62 heteroatoms. The van der Waals surface area contributed by atoms with Crippen molar-refractivity contribution in [1.29, 1.82) is 0 Å². The predicted octanol–water partition coefficient (Wildman–Crippen LogP) is -23.5. The third-order valence-electron chi connectivity index (χ3n) is 26.6. The van der Waals surface area contributed by atoms with Crippen molar-refractivity contribution in [3.63, 3.8) is 0 Å². The summed E-state index contributed by atoms with van der Waals surface area (Å²) in [6, 6.07) is -8.00. The molecule has 12 rings (SSSR count). The van der Waals surface area contributed by atoms with E-state index in [0.29, 0.717) is 0 Å². The summed E-state index contributed by atoms with van der Waals surface area (Å²) < 4.78 is 140. The monoisotopic (exact) mass is 2080 g/mol. The fraction of sp³-hybridized carbons (Fsp3) is 0.950. The minimum absolute atomic E-state index is 0.828. The van der Waals surface area contributed by atoms with Gasteiger partial charge in [0.1, 0.15) is 274 Å². The SMILES string of the molecule is CC(=O)N[C@H]1[C@H](O[C@H]2[C@H](O)[C@@H](NC(C)=O)C(O)O[C@@H]2CO)O[C@H](CO)[C@@H](O[C@@H]2O[C@H](CO[C@H]3O[C@H](CO)[C@@H](O)[C@H](O)[C@@H]3O[C@@H]3O[C@H](CO)[C@@H](O[C@@H]4O[C@H](CO)[C@H](O)[C@H](O)[C@H]4O)[C@H](O[C@@H]4O[C@@H](C)[C@@H](O)[C@@H](O)[C@@H]4O)[C@H]3NC(C)=O)[C@@H](O)[C@H](O[C@H]3O[C@H](CO)[C@@H](O)[C@H](O)[C@@H]3O[C@@H]3O[C@H](CO)[C@@H](O[C@@H]4O[C@H](CO)[C@H](O)[C@H](O)[C@H]4O[C@@H]4O[C@@H](C)[C@@H](O)[C@@H](O)[C@@H]4O)[C@H](O[C@@H]4O[C@@H](C)[C@@H](O)[C@@H](O)[C@@H]4O)[C@H]3NC(C)=O)[C@@H]2O)[C@@H]1O. The molecule has 12 heterocycles. The zero-order chi connectivity index (χ0) is 104. The molecule has 142 heavy (non-hydrogen) atoms. The van der Waals surface area contributed by atoms with Crippen LogP contribution in [0.5, 0.6) is 0 Å². The van der Waals surface area contributed by atoms with Crippen LogP contribution in [0, 0.1) is 0 Å². The Hall–Kier alpha value is -4.28. The molecular formula is C80H134N4O58. The molecule has 1 unspecified atom stereocenters. The van der Waals surface area contributed by atoms with E-state index in [9.17, 15) is 177 Å². The third-order valence-corrected chi connectivity index (χ3v) is 26.6. The Bertz CT molecular complexity index is 3940. The van der Waals surface area contributed by atoms with E-state index in [2.05, 4.69) is 21.3 Å². The van der Waals surface area contributed by atoms with Crippen LogP contribution in [0.1, 0.15) is 48.5 Å². The van der Waals surface area contributed by atoms with Crippen molar-refractivity contribution < 1.29 is 286 Å². The van der Waals surface area contributed by atoms with Crippen LogP contribution in [-0.4, -0.2) is 610 Å². The van der Waals surface area contributed by atoms with E-state index in [1.165, 1.54) is 20.8 Å². The van der Waals surface area contributed by atoms with Gasteiger partial charge in [-0.1, -0.05) is 0 Å². The lowest BCUT2D eigenvalue weighted by Gasteiger charge is -2.52. The van der Waals surface area contributed by atoms with Crippen molar-refractivity contribution in [2.45, 2.75) is 417 Å². The number of nitrogens with one attached hydrogen (secondary N) is 4. The van der Waals surface area contributed by atoms with Crippen molar-refractivity contribution in [1.82, 2.24) is 21.3 Å². The van der Waals surface area contributed by atoms with Gasteiger partial charge in [0, 0.05) is 27.7 Å². The Labute approximate surface area is 805 Å². The average Bonchev–Trinajstić information content (AvgIpc) is 0.763. The summed E-state index contributed by atoms with van der Waals surface area (Å²) in [5.41, 5.74) is 0. The molecule has 0 saturated carbocycles. The number of hydrogen-bond donors (Lipinski definition) is 35. The maximum Gasteiger partial charge on any atom is 0.217 e. The summed E-state index contributed by atoms with van der Waals surface area (Å²) in [6.45, 7) is -3.64. The van der Waals surface area contributed by atoms with Crippen LogP contribution >= 0.6 is 0 Å². The number of rotatable bonds is 35. The van der Waals surface area contributed by atoms with Crippen LogP contribution in [0.4, 0.5) is 0 Å². The smallest absolute Gasteiger partial charge is 0.217 e. The third kappa shape index (κ3) is 25.2. The van der Waals surface area contributed by atoms with Gasteiger partial charge in [-0.05, 0) is 20.8 Å². The molecule has 60 atom stereocenters. The van der Waals surface area contributed by atoms with Gasteiger partial charge in [-0.3, -0.25) is 19.2 Å². The lowest BCUT2D eigenvalue weighted by atomic mass is 9.93. The summed E-state index contributed by atoms with van der Waals surface area (Å²) in [6.07, 6.45) is -120. The molecule has 0 bridgehead atoms. The van der Waals surface area contributed by atoms with E-state index in [1.54, 1.807) is 0 Å². The van der Waals surface area contributed by atoms with Gasteiger partial charge in [0.05, 0.1) is 77.8 Å². The van der Waals surface area contributed by atoms with Gasteiger partial charge in [-0.2, -0.15) is 0 Å². The fourth-order valence-corrected chi connectivity index (χ4v) is 18.7. The standard InChI is InChI=1S/C80H134N4O58/c1-17-37(97)47(107)54(114)73(121-17)137-63-35(83-22(6)95)71(130-30(14-91)61(63)135-76-57(117)50(110)40(100)24(8-85)125-76)140-66-51(111)41(101)25(9-86)126-78(66)120-16-32-44(104)65(58(118)77(132-32)134-60-29(13-90)129-70(34(46(60)106)82-21(5)94)133-59-28(12-89)124-69(119)33(45(59)105)81-20(4)93)139-80-67(52(112)42(102)27(11-88)128-80)141-72-36(84-23(7)96)64(138-74-55(115)48(108)38(98)18(2)122-74)62(31(15-92)131-72)136-79-68(53(113)43(103)26(10-87)127-79)142-75-56(116)49(109)39(99)19(3)123-75/h17-19,24-80,85-92,97-119H,8-16H2,1-7H3,(H,81,93)(H,82,94)(H,83,95)(H,84,96)/t17-,18-,19-,24+,25+,26+,27+,28+,29+,30+,31+,32+,33+,34+,35+,36+,37+,38+,39+,40-,41+,42+,43-,44+,45+,46+,47+,48+,49+,50-,51-,52-,53-,54-,55-,56-,57+,58-,59+,60+,61+,62+,63+,64+,65-,66-,67-,68+,69?,70-,71-,72-,73-,74-,75-,76-,77-,78-,79-,80+/m0/s1. The molecule has 0 aromatic carbocycles. The second-order valence-corrected chi connectivity index (χ2v) is 36.5. The maximum absolute atomic E-state index is 13.9. The highest BCUT2D eigenvalue weighted by Gasteiger charge is 2.64. The maximum atomic E-state index is 13.9. The molecule has 0 aliphatic carbocycles. The summed E-state index contributed by atoms with van der Waals surface area (Å²) >= 11 is 0. The molecule has 12 aliphatic rings. The number of amides is 4. The van der Waals surface area contributed by atoms with Crippen molar-refractivity contribution in [3.05, 3.63) is 0 Å². The molecule has 0 aromatic heterocycles. The van der Waals surface area contributed by atoms with Crippen LogP contribution in [0.3, 0.4) is 0 Å². The predicted molar refractivity (Wildman–Crippen MR) is 437 cm³/mol. The Kier molecular flexibility index (Phi) is 41.2. The molecule has 12 saturated heterocycles. The van der Waals surface area contributed by atoms with Crippen LogP contribution in [-0.2, 0) is 128 Å². The molecule has 12 aliphatic heterocycles. The lowest BCUT2D eigenvalue weighted by Crippen LogP contribution is -2.72. The van der Waals surface area contributed by atoms with E-state index in [1.807, 2.05) is 0 Å². The molecule has 0 radical (unpaired) electrons. The molecular weight excluding hydrogens is 1940 g/mol. The Morgan fingerprint density at radius 3 is 0.817 bits per heavy atom. The van der Waals surface area contributed by atoms with E-state index < -0.39 is 451 Å². The van der Waals surface area contributed by atoms with E-state index in [-0.39, 0.29) is 0 Å². The molecule has 0 aromatic rings. The zero-order valence-corrected chi connectivity index (χ0v) is 76.9. The zero-order valence-electron chi connectivity index (χ0n) is 76.9. The molecule has 4 amide bonds. The highest BCUT2D eigenvalue weighted by molar-refractivity contribution is 5.74. The van der Waals surface area contributed by atoms with Crippen molar-refractivity contribution >= 4 is 23.6 Å². The Morgan fingerprint density at radius 2 is 0.437 bits per heavy atom. The minimum atomic E-state index is -2.73. The van der Waals surface area contributed by atoms with E-state index in [0.717, 1.165) is 27.7 Å². The van der Waals surface area contributed by atoms with Crippen molar-refractivity contribution in [3.8, 4) is 0 Å². The first kappa shape index (κ1) is 116. The number of carbonyl (C=O) groups is 4. The van der Waals surface area contributed by atoms with Crippen LogP contribution in [0.25, 0.3) is 0 Å². The largest absolute Gasteiger partial charge is 0.394 e. The van der Waals surface area contributed by atoms with Gasteiger partial charge in [-0.15, -0.1) is 0 Å². The number of aliphatic hydroxyl groups is 31. The molecule has 0 spiro atoms. The van der Waals surface area contributed by atoms with E-state index in [4.69, 9.17) is 109 Å². The highest BCUT2D eigenvalue weighted by Crippen LogP contribution is 2.44. The van der Waals surface area contributed by atoms with Gasteiger partial charge >= 0.3 is 0 Å². The first-order chi connectivity index (χ1) is 67.1. The quantitative estimate of drug-likeness (QED) is 0.0280. The number of hydrogen-bond acceptors (Lipinski definition) is 58. The summed E-state index contributed by atoms with van der Waals surface area (Å²) in [4.78, 5) is 53.0. The summed E-state index contributed by atoms with van der Waals surface area (Å²) in [7, 11) is 0. The Morgan fingerprint density at radius 1 is 0.197 bits per heavy atom. The van der Waals surface area contributed by atoms with Crippen LogP contribution in [0.2, 0.25) is 0 Å². The molecule has 12 fully saturated rings. The summed E-state index contributed by atoms with van der Waals surface area (Å²) in [5.74, 6) is -3.97. The first-order valence-corrected chi connectivity index (χ1v) is 45.7. The van der Waals surface area contributed by atoms with Gasteiger partial charge in [0.25, 0.3) is 0 Å². The number of aliphatic hydroxyl groups excluding tert-OH is 31. The fourth-order valence-electron chi connectivity index (χ4n) is 18.7. The topological polar surface area (TPSA) is 956 Å². The average molecular weight is 2080 g/mol. The second-order valence-electron chi connectivity index (χ2n) is 36.5. The normalized spacial score (nSPS) is 50.9. The van der Waals surface area contributed by atoms with E-state index >= 15 is 0 Å². The van der Waals surface area contributed by atoms with Crippen molar-refractivity contribution in [2.24, 2.45) is 0 Å². The minimum Gasteiger partial charge on any atom is -0.394 e. The Balaban J connectivity index is 0.920. The van der Waals surface area contributed by atoms with Crippen LogP contribution < -0.4 is 21.3 Å². The lowest BCUT2D eigenvalue weighted by molar-refractivity contribution is -0.408. The van der Waals surface area contributed by atoms with Gasteiger partial charge in [0.15, 0.2) is 75.5 Å². The first-order valence-electron chi connectivity index (χ1n) is 45.7. The molecule has 822 valence electrons. The molecule has 35 N–H and O–H groups in total. The molecule has 62 nitrogen and oxygen atoms in total. The van der Waals surface area contributed by atoms with Crippen LogP contribution in [0.15, 0.2) is 0 Å². The van der Waals surface area contributed by atoms with Gasteiger partial charge in [-0.25, -0.2) is 0 Å². The van der Waals surface area contributed by atoms with Gasteiger partial charge < -0.3 is 289 Å².